The van der Waals surface area contributed by atoms with Crippen molar-refractivity contribution in [2.45, 2.75) is 32.5 Å². The van der Waals surface area contributed by atoms with E-state index in [0.29, 0.717) is 0 Å². The first kappa shape index (κ1) is 10.6. The van der Waals surface area contributed by atoms with Crippen LogP contribution in [0.2, 0.25) is 0 Å². The Morgan fingerprint density at radius 2 is 2.31 bits per heavy atom. The number of ether oxygens (including phenoxy) is 1. The number of nitrogens with zero attached hydrogens (tertiary/aromatic N) is 1. The van der Waals surface area contributed by atoms with E-state index in [9.17, 15) is 5.11 Å². The lowest BCUT2D eigenvalue weighted by Gasteiger charge is -2.28. The van der Waals surface area contributed by atoms with Crippen LogP contribution in [0.15, 0.2) is 5.51 Å². The van der Waals surface area contributed by atoms with Gasteiger partial charge >= 0.3 is 0 Å². The van der Waals surface area contributed by atoms with Crippen LogP contribution in [-0.4, -0.2) is 23.3 Å². The second-order valence-corrected chi connectivity index (χ2v) is 4.15. The Kier molecular flexibility index (Phi) is 3.05. The molecule has 1 aromatic rings. The molecule has 2 unspecified atom stereocenters. The molecule has 0 saturated heterocycles. The summed E-state index contributed by atoms with van der Waals surface area (Å²) in [5.74, 6) is 0. The van der Waals surface area contributed by atoms with Gasteiger partial charge in [0.05, 0.1) is 22.2 Å². The predicted octanol–water partition coefficient (Wildman–Crippen LogP) is 1.69. The van der Waals surface area contributed by atoms with Crippen molar-refractivity contribution in [3.05, 3.63) is 16.1 Å². The van der Waals surface area contributed by atoms with E-state index in [0.717, 1.165) is 10.6 Å². The van der Waals surface area contributed by atoms with Gasteiger partial charge in [0, 0.05) is 7.11 Å². The van der Waals surface area contributed by atoms with E-state index in [1.807, 2.05) is 13.8 Å². The Morgan fingerprint density at radius 1 is 1.69 bits per heavy atom. The van der Waals surface area contributed by atoms with Crippen molar-refractivity contribution >= 4 is 11.3 Å². The summed E-state index contributed by atoms with van der Waals surface area (Å²) in [5, 5.41) is 10.2. The van der Waals surface area contributed by atoms with E-state index >= 15 is 0 Å². The molecule has 0 aliphatic carbocycles. The molecule has 1 N–H and O–H groups in total. The average molecular weight is 201 g/mol. The van der Waals surface area contributed by atoms with Crippen LogP contribution in [0, 0.1) is 6.92 Å². The van der Waals surface area contributed by atoms with Gasteiger partial charge in [-0.3, -0.25) is 0 Å². The minimum absolute atomic E-state index is 0.230. The molecule has 0 saturated carbocycles. The zero-order valence-corrected chi connectivity index (χ0v) is 9.18. The second-order valence-electron chi connectivity index (χ2n) is 3.29. The van der Waals surface area contributed by atoms with Crippen molar-refractivity contribution < 1.29 is 9.84 Å². The zero-order valence-electron chi connectivity index (χ0n) is 8.37. The largest absolute Gasteiger partial charge is 0.382 e. The summed E-state index contributed by atoms with van der Waals surface area (Å²) in [5.41, 5.74) is 1.67. The number of hydrogen-bond donors (Lipinski definition) is 1. The van der Waals surface area contributed by atoms with Crippen molar-refractivity contribution in [2.24, 2.45) is 0 Å². The third-order valence-electron chi connectivity index (χ3n) is 2.35. The number of rotatable bonds is 3. The first-order chi connectivity index (χ1) is 6.00. The molecule has 0 aliphatic heterocycles. The van der Waals surface area contributed by atoms with Gasteiger partial charge < -0.3 is 9.84 Å². The SMILES string of the molecule is COC(C)C(C)(O)c1scnc1C. The summed E-state index contributed by atoms with van der Waals surface area (Å²) in [6.45, 7) is 5.49. The zero-order chi connectivity index (χ0) is 10.1. The van der Waals surface area contributed by atoms with Crippen molar-refractivity contribution in [3.8, 4) is 0 Å². The fourth-order valence-electron chi connectivity index (χ4n) is 1.20. The molecule has 3 nitrogen and oxygen atoms in total. The third kappa shape index (κ3) is 1.90. The van der Waals surface area contributed by atoms with E-state index in [1.165, 1.54) is 11.3 Å². The molecule has 74 valence electrons. The van der Waals surface area contributed by atoms with Crippen LogP contribution >= 0.6 is 11.3 Å². The quantitative estimate of drug-likeness (QED) is 0.809. The molecule has 0 fully saturated rings. The van der Waals surface area contributed by atoms with Crippen molar-refractivity contribution in [2.75, 3.05) is 7.11 Å². The van der Waals surface area contributed by atoms with E-state index in [2.05, 4.69) is 4.98 Å². The highest BCUT2D eigenvalue weighted by atomic mass is 32.1. The highest BCUT2D eigenvalue weighted by molar-refractivity contribution is 7.09. The van der Waals surface area contributed by atoms with E-state index < -0.39 is 5.60 Å². The van der Waals surface area contributed by atoms with Crippen LogP contribution in [0.5, 0.6) is 0 Å². The van der Waals surface area contributed by atoms with Crippen LogP contribution in [0.4, 0.5) is 0 Å². The van der Waals surface area contributed by atoms with Crippen molar-refractivity contribution in [3.63, 3.8) is 0 Å². The monoisotopic (exact) mass is 201 g/mol. The van der Waals surface area contributed by atoms with Gasteiger partial charge in [0.25, 0.3) is 0 Å². The number of aromatic nitrogens is 1. The molecule has 1 rings (SSSR count). The lowest BCUT2D eigenvalue weighted by Crippen LogP contribution is -2.35. The Balaban J connectivity index is 2.99. The fourth-order valence-corrected chi connectivity index (χ4v) is 2.15. The Labute approximate surface area is 82.4 Å². The summed E-state index contributed by atoms with van der Waals surface area (Å²) in [4.78, 5) is 4.98. The summed E-state index contributed by atoms with van der Waals surface area (Å²) >= 11 is 1.46. The molecule has 0 aliphatic rings. The topological polar surface area (TPSA) is 42.4 Å². The third-order valence-corrected chi connectivity index (χ3v) is 3.51. The minimum Gasteiger partial charge on any atom is -0.382 e. The van der Waals surface area contributed by atoms with Crippen molar-refractivity contribution in [1.29, 1.82) is 0 Å². The van der Waals surface area contributed by atoms with E-state index in [4.69, 9.17) is 4.74 Å². The molecule has 2 atom stereocenters. The molecule has 0 bridgehead atoms. The molecule has 13 heavy (non-hydrogen) atoms. The molecule has 0 aromatic carbocycles. The van der Waals surface area contributed by atoms with Gasteiger partial charge in [-0.25, -0.2) is 4.98 Å². The molecule has 0 radical (unpaired) electrons. The van der Waals surface area contributed by atoms with E-state index in [-0.39, 0.29) is 6.10 Å². The van der Waals surface area contributed by atoms with Crippen LogP contribution in [0.3, 0.4) is 0 Å². The van der Waals surface area contributed by atoms with E-state index in [1.54, 1.807) is 19.5 Å². The maximum atomic E-state index is 10.2. The van der Waals surface area contributed by atoms with Crippen LogP contribution in [-0.2, 0) is 10.3 Å². The van der Waals surface area contributed by atoms with Crippen LogP contribution in [0.25, 0.3) is 0 Å². The number of thiazole rings is 1. The molecule has 1 heterocycles. The molecule has 0 spiro atoms. The number of aryl methyl sites for hydroxylation is 1. The number of hydrogen-bond acceptors (Lipinski definition) is 4. The fraction of sp³-hybridized carbons (Fsp3) is 0.667. The summed E-state index contributed by atoms with van der Waals surface area (Å²) < 4.78 is 5.12. The highest BCUT2D eigenvalue weighted by Gasteiger charge is 2.33. The maximum Gasteiger partial charge on any atom is 0.123 e. The summed E-state index contributed by atoms with van der Waals surface area (Å²) in [6.07, 6.45) is -0.230. The first-order valence-electron chi connectivity index (χ1n) is 4.16. The van der Waals surface area contributed by atoms with Gasteiger partial charge in [0.1, 0.15) is 5.60 Å². The Hall–Kier alpha value is -0.450. The van der Waals surface area contributed by atoms with Crippen LogP contribution in [0.1, 0.15) is 24.4 Å². The molecule has 0 amide bonds. The number of aliphatic hydroxyl groups is 1. The molecular formula is C9H15NO2S. The summed E-state index contributed by atoms with van der Waals surface area (Å²) in [7, 11) is 1.59. The molecule has 4 heteroatoms. The Bertz CT molecular complexity index is 283. The Morgan fingerprint density at radius 3 is 2.69 bits per heavy atom. The van der Waals surface area contributed by atoms with Gasteiger partial charge in [-0.05, 0) is 20.8 Å². The normalized spacial score (nSPS) is 18.2. The van der Waals surface area contributed by atoms with Gasteiger partial charge in [0.2, 0.25) is 0 Å². The van der Waals surface area contributed by atoms with Gasteiger partial charge in [-0.2, -0.15) is 0 Å². The minimum atomic E-state index is -0.944. The van der Waals surface area contributed by atoms with Crippen LogP contribution < -0.4 is 0 Å². The lowest BCUT2D eigenvalue weighted by molar-refractivity contribution is -0.0753. The lowest BCUT2D eigenvalue weighted by atomic mass is 9.97. The average Bonchev–Trinajstić information content (AvgIpc) is 2.50. The molecule has 1 aromatic heterocycles. The summed E-state index contributed by atoms with van der Waals surface area (Å²) in [6, 6.07) is 0. The molecular weight excluding hydrogens is 186 g/mol. The predicted molar refractivity (Wildman–Crippen MR) is 52.9 cm³/mol. The first-order valence-corrected chi connectivity index (χ1v) is 5.03. The van der Waals surface area contributed by atoms with Gasteiger partial charge in [-0.15, -0.1) is 11.3 Å². The number of methoxy groups -OCH3 is 1. The van der Waals surface area contributed by atoms with Gasteiger partial charge in [0.15, 0.2) is 0 Å². The highest BCUT2D eigenvalue weighted by Crippen LogP contribution is 2.31. The standard InChI is InChI=1S/C9H15NO2S/c1-6-8(13-5-10-6)9(3,11)7(2)12-4/h5,7,11H,1-4H3. The van der Waals surface area contributed by atoms with Gasteiger partial charge in [-0.1, -0.05) is 0 Å². The smallest absolute Gasteiger partial charge is 0.123 e. The second kappa shape index (κ2) is 3.74. The maximum absolute atomic E-state index is 10.2. The van der Waals surface area contributed by atoms with Crippen molar-refractivity contribution in [1.82, 2.24) is 4.98 Å².